The van der Waals surface area contributed by atoms with E-state index in [1.54, 1.807) is 12.1 Å². The lowest BCUT2D eigenvalue weighted by molar-refractivity contribution is -0.129. The Labute approximate surface area is 208 Å². The molecule has 0 bridgehead atoms. The summed E-state index contributed by atoms with van der Waals surface area (Å²) in [6.07, 6.45) is 1.60. The number of benzene rings is 3. The number of nitrogens with zero attached hydrogens (tertiary/aromatic N) is 1. The van der Waals surface area contributed by atoms with Crippen LogP contribution in [0.1, 0.15) is 16.7 Å². The van der Waals surface area contributed by atoms with Gasteiger partial charge in [0, 0.05) is 9.13 Å². The van der Waals surface area contributed by atoms with Crippen LogP contribution in [0, 0.1) is 9.39 Å². The van der Waals surface area contributed by atoms with Crippen LogP contribution in [-0.2, 0) is 16.1 Å². The van der Waals surface area contributed by atoms with Gasteiger partial charge in [0.1, 0.15) is 18.2 Å². The maximum Gasteiger partial charge on any atom is 0.363 e. The number of carbonyl (C=O) groups is 1. The number of hydrogen-bond donors (Lipinski definition) is 0. The first kappa shape index (κ1) is 22.2. The monoisotopic (exact) mass is 655 g/mol. The third kappa shape index (κ3) is 5.42. The highest BCUT2D eigenvalue weighted by Gasteiger charge is 2.24. The molecule has 0 aliphatic carbocycles. The highest BCUT2D eigenvalue weighted by molar-refractivity contribution is 14.1. The van der Waals surface area contributed by atoms with E-state index in [1.165, 1.54) is 18.2 Å². The van der Waals surface area contributed by atoms with E-state index >= 15 is 0 Å². The molecule has 31 heavy (non-hydrogen) atoms. The van der Waals surface area contributed by atoms with E-state index in [-0.39, 0.29) is 11.6 Å². The molecule has 1 heterocycles. The van der Waals surface area contributed by atoms with Gasteiger partial charge in [0.2, 0.25) is 5.90 Å². The summed E-state index contributed by atoms with van der Waals surface area (Å²) in [6.45, 7) is 0.419. The van der Waals surface area contributed by atoms with Gasteiger partial charge in [0.25, 0.3) is 0 Å². The Balaban J connectivity index is 1.56. The maximum absolute atomic E-state index is 13.4. The van der Waals surface area contributed by atoms with Gasteiger partial charge in [-0.25, -0.2) is 14.2 Å². The molecule has 0 N–H and O–H groups in total. The zero-order valence-electron chi connectivity index (χ0n) is 15.7. The summed E-state index contributed by atoms with van der Waals surface area (Å²) >= 11 is 9.32. The van der Waals surface area contributed by atoms with Crippen LogP contribution < -0.4 is 4.74 Å². The smallest absolute Gasteiger partial charge is 0.363 e. The third-order valence-electron chi connectivity index (χ3n) is 4.29. The third-order valence-corrected chi connectivity index (χ3v) is 6.14. The lowest BCUT2D eigenvalue weighted by Gasteiger charge is -2.12. The SMILES string of the molecule is O=C1OC(c2cccc(F)c2)=N/C1=C\c1cc(Br)c(OCc2cccc(I)c2)c(Br)c1. The van der Waals surface area contributed by atoms with Gasteiger partial charge < -0.3 is 9.47 Å². The van der Waals surface area contributed by atoms with Crippen LogP contribution in [0.2, 0.25) is 0 Å². The lowest BCUT2D eigenvalue weighted by atomic mass is 10.2. The molecular weight excluding hydrogens is 644 g/mol. The topological polar surface area (TPSA) is 47.9 Å². The van der Waals surface area contributed by atoms with Gasteiger partial charge in [-0.05, 0) is 114 Å². The number of esters is 1. The van der Waals surface area contributed by atoms with Crippen molar-refractivity contribution >= 4 is 72.4 Å². The standard InChI is InChI=1S/C23H13Br2FINO3/c24-18-8-14(9-19(25)21(18)30-12-13-3-1-6-17(27)7-13)10-20-23(29)31-22(28-20)15-4-2-5-16(26)11-15/h1-11H,12H2/b20-10-. The molecule has 1 aliphatic heterocycles. The first-order valence-electron chi connectivity index (χ1n) is 9.04. The van der Waals surface area contributed by atoms with Gasteiger partial charge >= 0.3 is 5.97 Å². The molecular formula is C23H13Br2FINO3. The second-order valence-electron chi connectivity index (χ2n) is 6.58. The van der Waals surface area contributed by atoms with Crippen molar-refractivity contribution in [2.24, 2.45) is 4.99 Å². The van der Waals surface area contributed by atoms with Gasteiger partial charge in [-0.1, -0.05) is 18.2 Å². The predicted octanol–water partition coefficient (Wildman–Crippen LogP) is 6.88. The van der Waals surface area contributed by atoms with Gasteiger partial charge in [-0.2, -0.15) is 0 Å². The maximum atomic E-state index is 13.4. The van der Waals surface area contributed by atoms with E-state index in [0.29, 0.717) is 17.9 Å². The zero-order valence-corrected chi connectivity index (χ0v) is 21.1. The molecule has 1 aliphatic rings. The Morgan fingerprint density at radius 1 is 1.06 bits per heavy atom. The first-order valence-corrected chi connectivity index (χ1v) is 11.7. The molecule has 0 saturated heterocycles. The van der Waals surface area contributed by atoms with E-state index in [2.05, 4.69) is 65.5 Å². The highest BCUT2D eigenvalue weighted by Crippen LogP contribution is 2.36. The lowest BCUT2D eigenvalue weighted by Crippen LogP contribution is -2.05. The number of hydrogen-bond acceptors (Lipinski definition) is 4. The average molecular weight is 657 g/mol. The summed E-state index contributed by atoms with van der Waals surface area (Å²) < 4.78 is 27.2. The number of carbonyl (C=O) groups excluding carboxylic acids is 1. The quantitative estimate of drug-likeness (QED) is 0.171. The van der Waals surface area contributed by atoms with Crippen LogP contribution >= 0.6 is 54.5 Å². The van der Waals surface area contributed by atoms with Crippen LogP contribution in [0.4, 0.5) is 4.39 Å². The Morgan fingerprint density at radius 3 is 2.52 bits per heavy atom. The molecule has 4 rings (SSSR count). The molecule has 0 aromatic heterocycles. The number of halogens is 4. The predicted molar refractivity (Wildman–Crippen MR) is 132 cm³/mol. The summed E-state index contributed by atoms with van der Waals surface area (Å²) in [5.74, 6) is -0.293. The Morgan fingerprint density at radius 2 is 1.81 bits per heavy atom. The largest absolute Gasteiger partial charge is 0.487 e. The van der Waals surface area contributed by atoms with Crippen molar-refractivity contribution in [1.82, 2.24) is 0 Å². The van der Waals surface area contributed by atoms with Crippen LogP contribution in [0.5, 0.6) is 5.75 Å². The van der Waals surface area contributed by atoms with Crippen LogP contribution in [0.25, 0.3) is 6.08 Å². The van der Waals surface area contributed by atoms with Crippen molar-refractivity contribution < 1.29 is 18.7 Å². The summed E-state index contributed by atoms with van der Waals surface area (Å²) in [5, 5.41) is 0. The zero-order chi connectivity index (χ0) is 22.0. The highest BCUT2D eigenvalue weighted by atomic mass is 127. The molecule has 8 heteroatoms. The van der Waals surface area contributed by atoms with Crippen LogP contribution in [0.3, 0.4) is 0 Å². The Bertz CT molecular complexity index is 1220. The second kappa shape index (κ2) is 9.62. The van der Waals surface area contributed by atoms with Gasteiger partial charge in [-0.15, -0.1) is 0 Å². The van der Waals surface area contributed by atoms with E-state index in [0.717, 1.165) is 23.6 Å². The Hall–Kier alpha value is -2.04. The molecule has 4 nitrogen and oxygen atoms in total. The van der Waals surface area contributed by atoms with Crippen molar-refractivity contribution in [2.45, 2.75) is 6.61 Å². The minimum absolute atomic E-state index is 0.0753. The van der Waals surface area contributed by atoms with Crippen molar-refractivity contribution in [3.63, 3.8) is 0 Å². The van der Waals surface area contributed by atoms with Crippen molar-refractivity contribution in [3.05, 3.63) is 101 Å². The fourth-order valence-corrected chi connectivity index (χ4v) is 4.95. The number of cyclic esters (lactones) is 1. The molecule has 0 saturated carbocycles. The summed E-state index contributed by atoms with van der Waals surface area (Å²) in [4.78, 5) is 16.4. The molecule has 0 spiro atoms. The van der Waals surface area contributed by atoms with Crippen LogP contribution in [0.15, 0.2) is 80.3 Å². The van der Waals surface area contributed by atoms with Gasteiger partial charge in [-0.3, -0.25) is 0 Å². The molecule has 0 radical (unpaired) electrons. The van der Waals surface area contributed by atoms with E-state index in [9.17, 15) is 9.18 Å². The Kier molecular flexibility index (Phi) is 6.88. The van der Waals surface area contributed by atoms with Crippen molar-refractivity contribution in [1.29, 1.82) is 0 Å². The number of aliphatic imine (C=N–C) groups is 1. The molecule has 0 unspecified atom stereocenters. The molecule has 156 valence electrons. The molecule has 0 amide bonds. The first-order chi connectivity index (χ1) is 14.9. The number of ether oxygens (including phenoxy) is 2. The van der Waals surface area contributed by atoms with E-state index in [1.807, 2.05) is 30.3 Å². The van der Waals surface area contributed by atoms with E-state index < -0.39 is 11.8 Å². The summed E-state index contributed by atoms with van der Waals surface area (Å²) in [6, 6.07) is 17.5. The van der Waals surface area contributed by atoms with Crippen molar-refractivity contribution in [2.75, 3.05) is 0 Å². The van der Waals surface area contributed by atoms with Gasteiger partial charge in [0.05, 0.1) is 8.95 Å². The van der Waals surface area contributed by atoms with Crippen molar-refractivity contribution in [3.8, 4) is 5.75 Å². The summed E-state index contributed by atoms with van der Waals surface area (Å²) in [5.41, 5.74) is 2.31. The van der Waals surface area contributed by atoms with Gasteiger partial charge in [0.15, 0.2) is 5.70 Å². The second-order valence-corrected chi connectivity index (χ2v) is 9.53. The van der Waals surface area contributed by atoms with Crippen LogP contribution in [-0.4, -0.2) is 11.9 Å². The number of rotatable bonds is 5. The molecule has 0 atom stereocenters. The summed E-state index contributed by atoms with van der Waals surface area (Å²) in [7, 11) is 0. The fraction of sp³-hybridized carbons (Fsp3) is 0.0435. The minimum Gasteiger partial charge on any atom is -0.487 e. The fourth-order valence-electron chi connectivity index (χ4n) is 2.89. The van der Waals surface area contributed by atoms with E-state index in [4.69, 9.17) is 9.47 Å². The molecule has 0 fully saturated rings. The normalized spacial score (nSPS) is 14.5. The minimum atomic E-state index is -0.592. The molecule has 3 aromatic rings. The average Bonchev–Trinajstić information content (AvgIpc) is 3.08. The molecule has 3 aromatic carbocycles.